The first-order valence-corrected chi connectivity index (χ1v) is 7.85. The summed E-state index contributed by atoms with van der Waals surface area (Å²) in [7, 11) is 2.10. The summed E-state index contributed by atoms with van der Waals surface area (Å²) in [6, 6.07) is 4.17. The maximum atomic E-state index is 12.6. The van der Waals surface area contributed by atoms with Crippen molar-refractivity contribution in [3.05, 3.63) is 23.9 Å². The van der Waals surface area contributed by atoms with E-state index < -0.39 is 0 Å². The fourth-order valence-electron chi connectivity index (χ4n) is 3.25. The molecule has 1 amide bonds. The van der Waals surface area contributed by atoms with Crippen molar-refractivity contribution in [2.24, 2.45) is 0 Å². The van der Waals surface area contributed by atoms with Crippen molar-refractivity contribution < 1.29 is 4.79 Å². The zero-order valence-corrected chi connectivity index (χ0v) is 13.0. The van der Waals surface area contributed by atoms with Crippen molar-refractivity contribution in [1.82, 2.24) is 14.8 Å². The number of anilines is 1. The highest BCUT2D eigenvalue weighted by Gasteiger charge is 2.26. The summed E-state index contributed by atoms with van der Waals surface area (Å²) in [5.41, 5.74) is 0.703. The zero-order chi connectivity index (χ0) is 14.8. The van der Waals surface area contributed by atoms with Gasteiger partial charge in [-0.05, 0) is 38.9 Å². The summed E-state index contributed by atoms with van der Waals surface area (Å²) in [6.45, 7) is 6.94. The Morgan fingerprint density at radius 2 is 1.95 bits per heavy atom. The lowest BCUT2D eigenvalue weighted by Crippen LogP contribution is -2.52. The van der Waals surface area contributed by atoms with E-state index in [9.17, 15) is 4.79 Å². The van der Waals surface area contributed by atoms with Gasteiger partial charge in [-0.3, -0.25) is 4.79 Å². The van der Waals surface area contributed by atoms with Crippen LogP contribution in [0.25, 0.3) is 0 Å². The molecular weight excluding hydrogens is 264 g/mol. The van der Waals surface area contributed by atoms with Gasteiger partial charge >= 0.3 is 0 Å². The van der Waals surface area contributed by atoms with Gasteiger partial charge < -0.3 is 14.7 Å². The number of piperazine rings is 1. The lowest BCUT2D eigenvalue weighted by Gasteiger charge is -2.38. The van der Waals surface area contributed by atoms with Gasteiger partial charge in [0.25, 0.3) is 5.91 Å². The smallest absolute Gasteiger partial charge is 0.255 e. The molecule has 2 fully saturated rings. The lowest BCUT2D eigenvalue weighted by atomic mass is 10.1. The number of amides is 1. The third kappa shape index (κ3) is 3.02. The summed E-state index contributed by atoms with van der Waals surface area (Å²) < 4.78 is 0. The predicted molar refractivity (Wildman–Crippen MR) is 83.7 cm³/mol. The highest BCUT2D eigenvalue weighted by atomic mass is 16.2. The van der Waals surface area contributed by atoms with Crippen molar-refractivity contribution in [2.45, 2.75) is 25.8 Å². The van der Waals surface area contributed by atoms with Gasteiger partial charge in [0.15, 0.2) is 0 Å². The number of pyridine rings is 1. The minimum Gasteiger partial charge on any atom is -0.357 e. The van der Waals surface area contributed by atoms with Crippen LogP contribution in [0.3, 0.4) is 0 Å². The van der Waals surface area contributed by atoms with E-state index in [4.69, 9.17) is 0 Å². The molecule has 0 aliphatic carbocycles. The average molecular weight is 288 g/mol. The van der Waals surface area contributed by atoms with E-state index >= 15 is 0 Å². The lowest BCUT2D eigenvalue weighted by molar-refractivity contribution is 0.0533. The molecule has 0 aromatic carbocycles. The van der Waals surface area contributed by atoms with Crippen LogP contribution in [0.5, 0.6) is 0 Å². The minimum atomic E-state index is 0.107. The van der Waals surface area contributed by atoms with Gasteiger partial charge in [-0.1, -0.05) is 0 Å². The number of carbonyl (C=O) groups excluding carboxylic acids is 1. The molecule has 0 unspecified atom stereocenters. The van der Waals surface area contributed by atoms with Crippen LogP contribution in [0.15, 0.2) is 18.3 Å². The van der Waals surface area contributed by atoms with Crippen LogP contribution < -0.4 is 4.90 Å². The molecule has 114 valence electrons. The molecule has 0 radical (unpaired) electrons. The van der Waals surface area contributed by atoms with Gasteiger partial charge in [-0.2, -0.15) is 0 Å². The van der Waals surface area contributed by atoms with Crippen molar-refractivity contribution in [3.8, 4) is 0 Å². The molecule has 5 heteroatoms. The molecule has 0 spiro atoms. The Bertz CT molecular complexity index is 496. The number of likely N-dealkylation sites (N-methyl/N-ethyl adjacent to an activating group) is 1. The Hall–Kier alpha value is -1.62. The molecule has 2 aliphatic heterocycles. The summed E-state index contributed by atoms with van der Waals surface area (Å²) in [6.07, 6.45) is 4.21. The molecule has 21 heavy (non-hydrogen) atoms. The Kier molecular flexibility index (Phi) is 4.10. The molecule has 1 atom stereocenters. The Morgan fingerprint density at radius 1 is 1.19 bits per heavy atom. The van der Waals surface area contributed by atoms with Crippen molar-refractivity contribution in [2.75, 3.05) is 44.7 Å². The van der Waals surface area contributed by atoms with Gasteiger partial charge in [0.2, 0.25) is 0 Å². The van der Waals surface area contributed by atoms with Crippen molar-refractivity contribution in [1.29, 1.82) is 0 Å². The second-order valence-electron chi connectivity index (χ2n) is 6.21. The molecular formula is C16H24N4O. The van der Waals surface area contributed by atoms with E-state index in [1.54, 1.807) is 6.20 Å². The Labute approximate surface area is 126 Å². The van der Waals surface area contributed by atoms with Crippen LogP contribution in [0.4, 0.5) is 5.82 Å². The van der Waals surface area contributed by atoms with Crippen LogP contribution in [0, 0.1) is 0 Å². The first kappa shape index (κ1) is 14.3. The molecule has 2 aliphatic rings. The molecule has 2 saturated heterocycles. The molecule has 5 nitrogen and oxygen atoms in total. The van der Waals surface area contributed by atoms with Gasteiger partial charge in [0.1, 0.15) is 5.82 Å². The quantitative estimate of drug-likeness (QED) is 0.826. The van der Waals surface area contributed by atoms with Crippen LogP contribution in [0.2, 0.25) is 0 Å². The molecule has 3 heterocycles. The Balaban J connectivity index is 1.69. The summed E-state index contributed by atoms with van der Waals surface area (Å²) in [5, 5.41) is 0. The van der Waals surface area contributed by atoms with E-state index in [-0.39, 0.29) is 11.9 Å². The third-order valence-corrected chi connectivity index (χ3v) is 4.52. The van der Waals surface area contributed by atoms with Gasteiger partial charge in [0.05, 0.1) is 5.56 Å². The monoisotopic (exact) mass is 288 g/mol. The summed E-state index contributed by atoms with van der Waals surface area (Å²) >= 11 is 0. The summed E-state index contributed by atoms with van der Waals surface area (Å²) in [5.74, 6) is 1.10. The van der Waals surface area contributed by atoms with E-state index in [2.05, 4.69) is 28.8 Å². The molecule has 0 bridgehead atoms. The number of rotatable bonds is 2. The van der Waals surface area contributed by atoms with E-state index in [0.29, 0.717) is 5.56 Å². The number of nitrogens with zero attached hydrogens (tertiary/aromatic N) is 4. The van der Waals surface area contributed by atoms with Gasteiger partial charge in [0, 0.05) is 45.0 Å². The van der Waals surface area contributed by atoms with Crippen molar-refractivity contribution in [3.63, 3.8) is 0 Å². The Morgan fingerprint density at radius 3 is 2.57 bits per heavy atom. The van der Waals surface area contributed by atoms with E-state index in [1.807, 2.05) is 17.0 Å². The third-order valence-electron chi connectivity index (χ3n) is 4.52. The fraction of sp³-hybridized carbons (Fsp3) is 0.625. The predicted octanol–water partition coefficient (Wildman–Crippen LogP) is 1.46. The number of carbonyl (C=O) groups is 1. The van der Waals surface area contributed by atoms with E-state index in [1.165, 1.54) is 12.8 Å². The standard InChI is InChI=1S/C16H24N4O/c1-13-12-18(2)9-10-20(13)16(21)14-5-6-15(17-11-14)19-7-3-4-8-19/h5-6,11,13H,3-4,7-10,12H2,1-2H3/t13-/m0/s1. The van der Waals surface area contributed by atoms with Crippen LogP contribution in [0.1, 0.15) is 30.1 Å². The largest absolute Gasteiger partial charge is 0.357 e. The highest BCUT2D eigenvalue weighted by molar-refractivity contribution is 5.94. The maximum absolute atomic E-state index is 12.6. The molecule has 0 saturated carbocycles. The number of hydrogen-bond donors (Lipinski definition) is 0. The zero-order valence-electron chi connectivity index (χ0n) is 13.0. The van der Waals surface area contributed by atoms with Gasteiger partial charge in [-0.15, -0.1) is 0 Å². The molecule has 1 aromatic heterocycles. The second-order valence-corrected chi connectivity index (χ2v) is 6.21. The molecule has 3 rings (SSSR count). The number of hydrogen-bond acceptors (Lipinski definition) is 4. The van der Waals surface area contributed by atoms with Crippen LogP contribution >= 0.6 is 0 Å². The van der Waals surface area contributed by atoms with Gasteiger partial charge in [-0.25, -0.2) is 4.98 Å². The van der Waals surface area contributed by atoms with Crippen molar-refractivity contribution >= 4 is 11.7 Å². The SMILES string of the molecule is C[C@H]1CN(C)CCN1C(=O)c1ccc(N2CCCC2)nc1. The molecule has 1 aromatic rings. The minimum absolute atomic E-state index is 0.107. The second kappa shape index (κ2) is 6.02. The van der Waals surface area contributed by atoms with Crippen LogP contribution in [-0.2, 0) is 0 Å². The average Bonchev–Trinajstić information content (AvgIpc) is 3.01. The number of aromatic nitrogens is 1. The topological polar surface area (TPSA) is 39.7 Å². The fourth-order valence-corrected chi connectivity index (χ4v) is 3.25. The van der Waals surface area contributed by atoms with E-state index in [0.717, 1.165) is 38.5 Å². The summed E-state index contributed by atoms with van der Waals surface area (Å²) in [4.78, 5) is 23.6. The normalized spacial score (nSPS) is 23.6. The molecule has 0 N–H and O–H groups in total. The first-order chi connectivity index (χ1) is 10.1. The van der Waals surface area contributed by atoms with Crippen LogP contribution in [-0.4, -0.2) is 66.5 Å². The first-order valence-electron chi connectivity index (χ1n) is 7.85. The highest BCUT2D eigenvalue weighted by Crippen LogP contribution is 2.19. The maximum Gasteiger partial charge on any atom is 0.255 e.